The largest absolute Gasteiger partial charge is 0.468 e. The van der Waals surface area contributed by atoms with E-state index in [1.165, 1.54) is 14.2 Å². The second kappa shape index (κ2) is 12.0. The van der Waals surface area contributed by atoms with Crippen molar-refractivity contribution in [2.24, 2.45) is 4.99 Å². The zero-order valence-corrected chi connectivity index (χ0v) is 17.9. The zero-order valence-electron chi connectivity index (χ0n) is 17.9. The molecule has 11 heteroatoms. The van der Waals surface area contributed by atoms with Gasteiger partial charge in [-0.15, -0.1) is 0 Å². The Hall–Kier alpha value is -2.05. The maximum Gasteiger partial charge on any atom is 0.322 e. The number of likely N-dealkylation sites (N-methyl/N-ethyl adjacent to an activating group) is 1. The summed E-state index contributed by atoms with van der Waals surface area (Å²) in [5.74, 6) is 0.355. The molecule has 2 rings (SSSR count). The normalized spacial score (nSPS) is 25.3. The fraction of sp³-hybridized carbons (Fsp3) is 0.737. The summed E-state index contributed by atoms with van der Waals surface area (Å²) >= 11 is 0. The molecule has 30 heavy (non-hydrogen) atoms. The highest BCUT2D eigenvalue weighted by atomic mass is 16.6. The molecule has 1 aliphatic rings. The summed E-state index contributed by atoms with van der Waals surface area (Å²) in [6.07, 6.45) is 0.877. The number of rotatable bonds is 11. The van der Waals surface area contributed by atoms with Crippen LogP contribution in [0.5, 0.6) is 0 Å². The summed E-state index contributed by atoms with van der Waals surface area (Å²) in [6, 6.07) is 1.43. The van der Waals surface area contributed by atoms with E-state index in [4.69, 9.17) is 14.2 Å². The smallest absolute Gasteiger partial charge is 0.322 e. The van der Waals surface area contributed by atoms with Crippen molar-refractivity contribution in [1.82, 2.24) is 14.9 Å². The van der Waals surface area contributed by atoms with Crippen LogP contribution < -0.4 is 16.3 Å². The molecule has 0 amide bonds. The number of unbranched alkanes of at least 4 members (excludes halogenated alkanes) is 1. The van der Waals surface area contributed by atoms with Gasteiger partial charge in [0, 0.05) is 26.9 Å². The second-order valence-corrected chi connectivity index (χ2v) is 6.95. The van der Waals surface area contributed by atoms with Gasteiger partial charge in [0.2, 0.25) is 5.62 Å². The van der Waals surface area contributed by atoms with E-state index in [0.29, 0.717) is 24.4 Å². The quantitative estimate of drug-likeness (QED) is 0.259. The van der Waals surface area contributed by atoms with E-state index in [2.05, 4.69) is 20.6 Å². The van der Waals surface area contributed by atoms with Crippen LogP contribution in [0, 0.1) is 0 Å². The van der Waals surface area contributed by atoms with Gasteiger partial charge >= 0.3 is 5.97 Å². The third kappa shape index (κ3) is 5.76. The van der Waals surface area contributed by atoms with Crippen LogP contribution in [-0.2, 0) is 19.0 Å². The van der Waals surface area contributed by atoms with Gasteiger partial charge in [0.05, 0.1) is 13.7 Å². The number of aromatic nitrogens is 2. The number of nitrogens with zero attached hydrogens (tertiary/aromatic N) is 3. The summed E-state index contributed by atoms with van der Waals surface area (Å²) < 4.78 is 17.7. The molecule has 1 fully saturated rings. The Kier molecular flexibility index (Phi) is 9.66. The average Bonchev–Trinajstić information content (AvgIpc) is 3.10. The second-order valence-electron chi connectivity index (χ2n) is 6.95. The van der Waals surface area contributed by atoms with Gasteiger partial charge in [-0.3, -0.25) is 14.4 Å². The summed E-state index contributed by atoms with van der Waals surface area (Å²) in [7, 11) is 6.34. The predicted molar refractivity (Wildman–Crippen MR) is 109 cm³/mol. The van der Waals surface area contributed by atoms with Crippen molar-refractivity contribution in [3.63, 3.8) is 0 Å². The molecule has 2 heterocycles. The third-order valence-electron chi connectivity index (χ3n) is 5.13. The van der Waals surface area contributed by atoms with Crippen molar-refractivity contribution in [2.45, 2.75) is 49.8 Å². The summed E-state index contributed by atoms with van der Waals surface area (Å²) in [4.78, 5) is 20.7. The third-order valence-corrected chi connectivity index (χ3v) is 5.13. The predicted octanol–water partition coefficient (Wildman–Crippen LogP) is -0.978. The van der Waals surface area contributed by atoms with Crippen LogP contribution in [0.3, 0.4) is 0 Å². The van der Waals surface area contributed by atoms with Crippen molar-refractivity contribution in [3.05, 3.63) is 17.9 Å². The number of hydrogen-bond donors (Lipinski definition) is 4. The number of nitrogens with one attached hydrogen (secondary N) is 2. The number of anilines is 1. The molecule has 0 spiro atoms. The molecule has 1 saturated heterocycles. The van der Waals surface area contributed by atoms with Gasteiger partial charge in [0.15, 0.2) is 6.23 Å². The van der Waals surface area contributed by atoms with Crippen molar-refractivity contribution < 1.29 is 29.2 Å². The Morgan fingerprint density at radius 3 is 2.77 bits per heavy atom. The molecule has 1 aromatic rings. The molecule has 4 N–H and O–H groups in total. The molecule has 0 radical (unpaired) electrons. The van der Waals surface area contributed by atoms with E-state index in [0.717, 1.165) is 12.8 Å². The standard InChI is InChI=1S/C19H33N5O6/c1-20-12(18(27)29-4)7-5-6-9-22-19-23-14(21-2)8-10-24(19)17-16(28-3)15(26)13(11-25)30-17/h8,10,12-13,15-17,20,25-26H,5-7,9,11H2,1-4H3,(H,21,22,23)/t12-,13+,15+,16+,17+/m0/s1. The minimum absolute atomic E-state index is 0.281. The van der Waals surface area contributed by atoms with Crippen LogP contribution in [0.25, 0.3) is 0 Å². The van der Waals surface area contributed by atoms with Crippen molar-refractivity contribution in [3.8, 4) is 0 Å². The number of hydrogen-bond acceptors (Lipinski definition) is 10. The number of methoxy groups -OCH3 is 2. The van der Waals surface area contributed by atoms with Crippen LogP contribution >= 0.6 is 0 Å². The molecule has 170 valence electrons. The fourth-order valence-corrected chi connectivity index (χ4v) is 3.38. The highest BCUT2D eigenvalue weighted by molar-refractivity contribution is 5.75. The summed E-state index contributed by atoms with van der Waals surface area (Å²) in [5, 5.41) is 25.7. The average molecular weight is 428 g/mol. The molecule has 0 saturated carbocycles. The first-order valence-corrected chi connectivity index (χ1v) is 10.00. The Morgan fingerprint density at radius 1 is 1.40 bits per heavy atom. The van der Waals surface area contributed by atoms with Crippen LogP contribution in [0.4, 0.5) is 5.82 Å². The minimum Gasteiger partial charge on any atom is -0.468 e. The number of aliphatic hydroxyl groups is 2. The molecule has 0 unspecified atom stereocenters. The van der Waals surface area contributed by atoms with E-state index in [1.54, 1.807) is 30.9 Å². The van der Waals surface area contributed by atoms with E-state index in [9.17, 15) is 15.0 Å². The molecule has 1 aromatic heterocycles. The maximum absolute atomic E-state index is 11.6. The van der Waals surface area contributed by atoms with Gasteiger partial charge in [0.1, 0.15) is 30.2 Å². The Balaban J connectivity index is 2.14. The molecular weight excluding hydrogens is 394 g/mol. The summed E-state index contributed by atoms with van der Waals surface area (Å²) in [5.41, 5.74) is 0.415. The number of carbonyl (C=O) groups is 1. The monoisotopic (exact) mass is 427 g/mol. The maximum atomic E-state index is 11.6. The molecular formula is C19H33N5O6. The number of carbonyl (C=O) groups excluding carboxylic acids is 1. The Morgan fingerprint density at radius 2 is 2.17 bits per heavy atom. The highest BCUT2D eigenvalue weighted by Crippen LogP contribution is 2.30. The van der Waals surface area contributed by atoms with E-state index < -0.39 is 24.5 Å². The van der Waals surface area contributed by atoms with E-state index in [-0.39, 0.29) is 18.6 Å². The Labute approximate surface area is 176 Å². The molecule has 5 atom stereocenters. The van der Waals surface area contributed by atoms with Gasteiger partial charge in [-0.1, -0.05) is 0 Å². The minimum atomic E-state index is -0.967. The van der Waals surface area contributed by atoms with Crippen LogP contribution in [-0.4, -0.2) is 91.6 Å². The lowest BCUT2D eigenvalue weighted by molar-refractivity contribution is -0.143. The van der Waals surface area contributed by atoms with Gasteiger partial charge in [0.25, 0.3) is 0 Å². The van der Waals surface area contributed by atoms with Crippen molar-refractivity contribution >= 4 is 11.8 Å². The lowest BCUT2D eigenvalue weighted by atomic mass is 10.1. The van der Waals surface area contributed by atoms with Gasteiger partial charge in [-0.05, 0) is 32.4 Å². The number of esters is 1. The van der Waals surface area contributed by atoms with Gasteiger partial charge < -0.3 is 35.1 Å². The van der Waals surface area contributed by atoms with Crippen LogP contribution in [0.1, 0.15) is 25.5 Å². The van der Waals surface area contributed by atoms with Crippen LogP contribution in [0.2, 0.25) is 0 Å². The van der Waals surface area contributed by atoms with Gasteiger partial charge in [-0.2, -0.15) is 4.98 Å². The molecule has 1 aliphatic heterocycles. The fourth-order valence-electron chi connectivity index (χ4n) is 3.38. The van der Waals surface area contributed by atoms with Crippen LogP contribution in [0.15, 0.2) is 17.3 Å². The van der Waals surface area contributed by atoms with Crippen molar-refractivity contribution in [1.29, 1.82) is 0 Å². The van der Waals surface area contributed by atoms with Gasteiger partial charge in [-0.25, -0.2) is 0 Å². The SMILES string of the molecule is CNc1ccn([C@@H]2O[C@H](CO)[C@@H](O)[C@H]2OC)c(=NCCCC[C@H](NC)C(=O)OC)n1. The number of ether oxygens (including phenoxy) is 3. The lowest BCUT2D eigenvalue weighted by Crippen LogP contribution is -2.38. The molecule has 0 bridgehead atoms. The lowest BCUT2D eigenvalue weighted by Gasteiger charge is -2.21. The molecule has 0 aromatic carbocycles. The first kappa shape index (κ1) is 24.2. The molecule has 0 aliphatic carbocycles. The first-order chi connectivity index (χ1) is 14.5. The highest BCUT2D eigenvalue weighted by Gasteiger charge is 2.44. The first-order valence-electron chi connectivity index (χ1n) is 10.00. The van der Waals surface area contributed by atoms with Crippen molar-refractivity contribution in [2.75, 3.05) is 46.8 Å². The summed E-state index contributed by atoms with van der Waals surface area (Å²) in [6.45, 7) is 0.174. The Bertz CT molecular complexity index is 742. The number of aliphatic hydroxyl groups excluding tert-OH is 2. The van der Waals surface area contributed by atoms with E-state index >= 15 is 0 Å². The molecule has 11 nitrogen and oxygen atoms in total. The topological polar surface area (TPSA) is 139 Å². The van der Waals surface area contributed by atoms with E-state index in [1.807, 2.05) is 0 Å². The zero-order chi connectivity index (χ0) is 22.1.